The van der Waals surface area contributed by atoms with Gasteiger partial charge in [-0.3, -0.25) is 4.79 Å². The Kier molecular flexibility index (Phi) is 5.67. The molecule has 0 unspecified atom stereocenters. The smallest absolute Gasteiger partial charge is 0.350 e. The number of halogens is 5. The number of benzene rings is 1. The second-order valence-corrected chi connectivity index (χ2v) is 7.83. The number of amides is 1. The third-order valence-electron chi connectivity index (χ3n) is 3.85. The number of carbonyl (C=O) groups excluding carboxylic acids is 1. The Hall–Kier alpha value is -2.13. The number of alkyl halides is 3. The van der Waals surface area contributed by atoms with Gasteiger partial charge >= 0.3 is 6.18 Å². The fourth-order valence-electron chi connectivity index (χ4n) is 2.49. The summed E-state index contributed by atoms with van der Waals surface area (Å²) >= 11 is 9.47. The molecule has 3 aromatic rings. The highest BCUT2D eigenvalue weighted by Crippen LogP contribution is 2.34. The van der Waals surface area contributed by atoms with Gasteiger partial charge in [-0.05, 0) is 24.1 Å². The number of aromatic nitrogens is 3. The third-order valence-corrected chi connectivity index (χ3v) is 4.73. The summed E-state index contributed by atoms with van der Waals surface area (Å²) in [6, 6.07) is 7.52. The van der Waals surface area contributed by atoms with Gasteiger partial charge in [-0.1, -0.05) is 53.5 Å². The van der Waals surface area contributed by atoms with Gasteiger partial charge in [0, 0.05) is 16.6 Å². The minimum absolute atomic E-state index is 0.0725. The maximum Gasteiger partial charge on any atom is 0.433 e. The van der Waals surface area contributed by atoms with Crippen LogP contribution >= 0.6 is 27.5 Å². The highest BCUT2D eigenvalue weighted by molar-refractivity contribution is 9.10. The SMILES string of the molecule is CC(C)CNC(=O)c1nn2c(C(F)(F)F)cc(-c3ccc(Br)cc3)nc2c1Cl. The van der Waals surface area contributed by atoms with E-state index in [1.165, 1.54) is 0 Å². The van der Waals surface area contributed by atoms with E-state index in [0.717, 1.165) is 10.5 Å². The van der Waals surface area contributed by atoms with Gasteiger partial charge in [0.25, 0.3) is 5.91 Å². The van der Waals surface area contributed by atoms with Crippen LogP contribution < -0.4 is 5.32 Å². The maximum absolute atomic E-state index is 13.6. The molecule has 0 saturated heterocycles. The molecule has 2 heterocycles. The lowest BCUT2D eigenvalue weighted by Crippen LogP contribution is -2.28. The summed E-state index contributed by atoms with van der Waals surface area (Å²) in [5.74, 6) is -0.491. The Labute approximate surface area is 172 Å². The van der Waals surface area contributed by atoms with Crippen molar-refractivity contribution in [2.75, 3.05) is 6.54 Å². The summed E-state index contributed by atoms with van der Waals surface area (Å²) in [5.41, 5.74) is -1.06. The molecule has 1 N–H and O–H groups in total. The molecule has 0 aliphatic rings. The van der Waals surface area contributed by atoms with Crippen LogP contribution in [-0.4, -0.2) is 27.0 Å². The summed E-state index contributed by atoms with van der Waals surface area (Å²) in [6.45, 7) is 4.12. The van der Waals surface area contributed by atoms with Crippen LogP contribution in [0, 0.1) is 5.92 Å². The largest absolute Gasteiger partial charge is 0.433 e. The Morgan fingerprint density at radius 3 is 2.50 bits per heavy atom. The topological polar surface area (TPSA) is 59.3 Å². The first-order valence-electron chi connectivity index (χ1n) is 8.28. The molecule has 0 aliphatic heterocycles. The van der Waals surface area contributed by atoms with E-state index in [0.29, 0.717) is 16.6 Å². The van der Waals surface area contributed by atoms with E-state index in [9.17, 15) is 18.0 Å². The lowest BCUT2D eigenvalue weighted by atomic mass is 10.1. The zero-order valence-corrected chi connectivity index (χ0v) is 17.2. The van der Waals surface area contributed by atoms with Gasteiger partial charge in [0.15, 0.2) is 17.0 Å². The third kappa shape index (κ3) is 4.15. The molecular weight excluding hydrogens is 461 g/mol. The molecule has 0 bridgehead atoms. The summed E-state index contributed by atoms with van der Waals surface area (Å²) in [5, 5.41) is 6.15. The molecule has 0 radical (unpaired) electrons. The number of nitrogens with one attached hydrogen (secondary N) is 1. The second kappa shape index (κ2) is 7.71. The molecular formula is C18H15BrClF3N4O. The number of fused-ring (bicyclic) bond motifs is 1. The first kappa shape index (κ1) is 20.6. The van der Waals surface area contributed by atoms with Crippen LogP contribution in [0.1, 0.15) is 30.0 Å². The molecule has 0 atom stereocenters. The monoisotopic (exact) mass is 474 g/mol. The summed E-state index contributed by atoms with van der Waals surface area (Å²) in [4.78, 5) is 16.5. The van der Waals surface area contributed by atoms with Gasteiger partial charge < -0.3 is 5.32 Å². The molecule has 148 valence electrons. The van der Waals surface area contributed by atoms with Crippen molar-refractivity contribution in [3.8, 4) is 11.3 Å². The highest BCUT2D eigenvalue weighted by Gasteiger charge is 2.36. The van der Waals surface area contributed by atoms with Gasteiger partial charge in [-0.15, -0.1) is 0 Å². The van der Waals surface area contributed by atoms with Crippen LogP contribution in [-0.2, 0) is 6.18 Å². The Balaban J connectivity index is 2.18. The van der Waals surface area contributed by atoms with Crippen molar-refractivity contribution in [2.45, 2.75) is 20.0 Å². The summed E-state index contributed by atoms with van der Waals surface area (Å²) < 4.78 is 42.2. The Morgan fingerprint density at radius 2 is 1.93 bits per heavy atom. The van der Waals surface area contributed by atoms with Gasteiger partial charge in [0.1, 0.15) is 5.02 Å². The quantitative estimate of drug-likeness (QED) is 0.563. The highest BCUT2D eigenvalue weighted by atomic mass is 79.9. The lowest BCUT2D eigenvalue weighted by molar-refractivity contribution is -0.142. The summed E-state index contributed by atoms with van der Waals surface area (Å²) in [7, 11) is 0. The molecule has 3 rings (SSSR count). The van der Waals surface area contributed by atoms with Crippen LogP contribution in [0.4, 0.5) is 13.2 Å². The van der Waals surface area contributed by atoms with Crippen LogP contribution in [0.25, 0.3) is 16.9 Å². The molecule has 0 aliphatic carbocycles. The van der Waals surface area contributed by atoms with Gasteiger partial charge in [-0.25, -0.2) is 9.50 Å². The molecule has 10 heteroatoms. The molecule has 0 saturated carbocycles. The zero-order chi connectivity index (χ0) is 20.6. The standard InChI is InChI=1S/C18H15BrClF3N4O/c1-9(2)8-24-17(28)15-14(20)16-25-12(10-3-5-11(19)6-4-10)7-13(18(21,22)23)27(16)26-15/h3-7,9H,8H2,1-2H3,(H,24,28). The van der Waals surface area contributed by atoms with E-state index in [-0.39, 0.29) is 28.0 Å². The predicted molar refractivity (Wildman–Crippen MR) is 103 cm³/mol. The summed E-state index contributed by atoms with van der Waals surface area (Å²) in [6.07, 6.45) is -4.72. The van der Waals surface area contributed by atoms with Crippen LogP contribution in [0.5, 0.6) is 0 Å². The van der Waals surface area contributed by atoms with Crippen molar-refractivity contribution >= 4 is 39.1 Å². The average molecular weight is 476 g/mol. The number of rotatable bonds is 4. The van der Waals surface area contributed by atoms with E-state index in [2.05, 4.69) is 31.3 Å². The van der Waals surface area contributed by atoms with Crippen molar-refractivity contribution in [1.82, 2.24) is 19.9 Å². The molecule has 1 aromatic carbocycles. The van der Waals surface area contributed by atoms with E-state index in [1.54, 1.807) is 24.3 Å². The lowest BCUT2D eigenvalue weighted by Gasteiger charge is -2.11. The molecule has 0 spiro atoms. The van der Waals surface area contributed by atoms with E-state index in [1.807, 2.05) is 13.8 Å². The van der Waals surface area contributed by atoms with Crippen molar-refractivity contribution in [2.24, 2.45) is 5.92 Å². The van der Waals surface area contributed by atoms with E-state index >= 15 is 0 Å². The minimum atomic E-state index is -4.72. The van der Waals surface area contributed by atoms with Crippen molar-refractivity contribution < 1.29 is 18.0 Å². The molecule has 0 fully saturated rings. The van der Waals surface area contributed by atoms with Gasteiger partial charge in [0.05, 0.1) is 5.69 Å². The predicted octanol–water partition coefficient (Wildman–Crippen LogP) is 5.22. The number of nitrogens with zero attached hydrogens (tertiary/aromatic N) is 3. The fourth-order valence-corrected chi connectivity index (χ4v) is 3.00. The number of carbonyl (C=O) groups is 1. The van der Waals surface area contributed by atoms with Crippen LogP contribution in [0.3, 0.4) is 0 Å². The van der Waals surface area contributed by atoms with E-state index < -0.39 is 17.8 Å². The van der Waals surface area contributed by atoms with Crippen molar-refractivity contribution in [3.63, 3.8) is 0 Å². The van der Waals surface area contributed by atoms with Crippen LogP contribution in [0.15, 0.2) is 34.8 Å². The van der Waals surface area contributed by atoms with Crippen LogP contribution in [0.2, 0.25) is 5.02 Å². The first-order valence-corrected chi connectivity index (χ1v) is 9.45. The zero-order valence-electron chi connectivity index (χ0n) is 14.8. The molecule has 28 heavy (non-hydrogen) atoms. The van der Waals surface area contributed by atoms with Crippen molar-refractivity contribution in [3.05, 3.63) is 51.2 Å². The molecule has 1 amide bonds. The van der Waals surface area contributed by atoms with Crippen molar-refractivity contribution in [1.29, 1.82) is 0 Å². The van der Waals surface area contributed by atoms with E-state index in [4.69, 9.17) is 11.6 Å². The minimum Gasteiger partial charge on any atom is -0.350 e. The Morgan fingerprint density at radius 1 is 1.29 bits per heavy atom. The maximum atomic E-state index is 13.6. The molecule has 5 nitrogen and oxygen atoms in total. The molecule has 2 aromatic heterocycles. The number of hydrogen-bond acceptors (Lipinski definition) is 3. The first-order chi connectivity index (χ1) is 13.1. The fraction of sp³-hybridized carbons (Fsp3) is 0.278. The Bertz CT molecular complexity index is 1030. The second-order valence-electron chi connectivity index (χ2n) is 6.53. The van der Waals surface area contributed by atoms with Gasteiger partial charge in [0.2, 0.25) is 0 Å². The number of hydrogen-bond donors (Lipinski definition) is 1. The van der Waals surface area contributed by atoms with Gasteiger partial charge in [-0.2, -0.15) is 18.3 Å². The average Bonchev–Trinajstić information content (AvgIpc) is 2.95. The normalized spacial score (nSPS) is 12.0.